The molecule has 1 amide bonds. The lowest BCUT2D eigenvalue weighted by Gasteiger charge is -2.22. The van der Waals surface area contributed by atoms with Crippen molar-refractivity contribution in [1.29, 1.82) is 0 Å². The second-order valence-corrected chi connectivity index (χ2v) is 5.17. The highest BCUT2D eigenvalue weighted by Crippen LogP contribution is 2.20. The molecule has 0 spiro atoms. The van der Waals surface area contributed by atoms with E-state index in [-0.39, 0.29) is 5.91 Å². The van der Waals surface area contributed by atoms with Gasteiger partial charge in [0.1, 0.15) is 0 Å². The normalized spacial score (nSPS) is 21.9. The molecule has 1 atom stereocenters. The molecule has 1 aliphatic rings. The summed E-state index contributed by atoms with van der Waals surface area (Å²) in [6.07, 6.45) is 7.05. The Labute approximate surface area is 117 Å². The van der Waals surface area contributed by atoms with Gasteiger partial charge in [0.05, 0.1) is 17.4 Å². The average Bonchev–Trinajstić information content (AvgIpc) is 3.11. The monoisotopic (exact) mass is 271 g/mol. The van der Waals surface area contributed by atoms with Crippen LogP contribution in [0.2, 0.25) is 0 Å². The van der Waals surface area contributed by atoms with Crippen molar-refractivity contribution in [1.82, 2.24) is 20.1 Å². The standard InChI is InChI=1S/C14H17N5O/c1-14(6-2-7-16-14)13(20)18-11-4-5-12(15-10-11)19-9-3-8-17-19/h3-5,8-10,16H,2,6-7H2,1H3,(H,18,20). The number of anilines is 1. The van der Waals surface area contributed by atoms with Crippen molar-refractivity contribution in [3.8, 4) is 5.82 Å². The molecular formula is C14H17N5O. The zero-order valence-corrected chi connectivity index (χ0v) is 11.3. The fraction of sp³-hybridized carbons (Fsp3) is 0.357. The lowest BCUT2D eigenvalue weighted by Crippen LogP contribution is -2.47. The lowest BCUT2D eigenvalue weighted by atomic mass is 9.99. The van der Waals surface area contributed by atoms with Crippen LogP contribution in [0.1, 0.15) is 19.8 Å². The maximum atomic E-state index is 12.2. The van der Waals surface area contributed by atoms with Crippen LogP contribution < -0.4 is 10.6 Å². The second-order valence-electron chi connectivity index (χ2n) is 5.17. The molecule has 1 unspecified atom stereocenters. The van der Waals surface area contributed by atoms with Gasteiger partial charge in [-0.05, 0) is 44.5 Å². The minimum atomic E-state index is -0.472. The fourth-order valence-corrected chi connectivity index (χ4v) is 2.36. The maximum Gasteiger partial charge on any atom is 0.244 e. The molecule has 3 rings (SSSR count). The molecule has 6 heteroatoms. The number of amides is 1. The molecule has 0 bridgehead atoms. The van der Waals surface area contributed by atoms with Crippen molar-refractivity contribution in [3.05, 3.63) is 36.8 Å². The Morgan fingerprint density at radius 2 is 2.40 bits per heavy atom. The molecule has 1 aliphatic heterocycles. The molecular weight excluding hydrogens is 254 g/mol. The predicted molar refractivity (Wildman–Crippen MR) is 75.6 cm³/mol. The van der Waals surface area contributed by atoms with Crippen LogP contribution in [0.15, 0.2) is 36.8 Å². The van der Waals surface area contributed by atoms with Crippen LogP contribution in [-0.2, 0) is 4.79 Å². The van der Waals surface area contributed by atoms with E-state index in [0.717, 1.165) is 25.2 Å². The van der Waals surface area contributed by atoms with Gasteiger partial charge in [0.25, 0.3) is 0 Å². The topological polar surface area (TPSA) is 71.8 Å². The zero-order chi connectivity index (χ0) is 14.0. The summed E-state index contributed by atoms with van der Waals surface area (Å²) < 4.78 is 1.67. The van der Waals surface area contributed by atoms with Crippen LogP contribution >= 0.6 is 0 Å². The third-order valence-electron chi connectivity index (χ3n) is 3.61. The SMILES string of the molecule is CC1(C(=O)Nc2ccc(-n3cccn3)nc2)CCCN1. The molecule has 1 fully saturated rings. The van der Waals surface area contributed by atoms with Gasteiger partial charge < -0.3 is 10.6 Å². The van der Waals surface area contributed by atoms with E-state index < -0.39 is 5.54 Å². The Balaban J connectivity index is 1.71. The number of rotatable bonds is 3. The van der Waals surface area contributed by atoms with Gasteiger partial charge >= 0.3 is 0 Å². The van der Waals surface area contributed by atoms with Crippen LogP contribution in [0.5, 0.6) is 0 Å². The number of hydrogen-bond acceptors (Lipinski definition) is 4. The van der Waals surface area contributed by atoms with Gasteiger partial charge in [0, 0.05) is 12.4 Å². The van der Waals surface area contributed by atoms with Crippen molar-refractivity contribution in [2.24, 2.45) is 0 Å². The Morgan fingerprint density at radius 3 is 3.00 bits per heavy atom. The number of carbonyl (C=O) groups excluding carboxylic acids is 1. The van der Waals surface area contributed by atoms with Crippen LogP contribution in [0.4, 0.5) is 5.69 Å². The second kappa shape index (κ2) is 5.05. The predicted octanol–water partition coefficient (Wildman–Crippen LogP) is 1.35. The van der Waals surface area contributed by atoms with E-state index in [2.05, 4.69) is 20.7 Å². The van der Waals surface area contributed by atoms with Gasteiger partial charge in [0.2, 0.25) is 5.91 Å². The van der Waals surface area contributed by atoms with Crippen molar-refractivity contribution in [2.45, 2.75) is 25.3 Å². The Bertz CT molecular complexity index is 585. The zero-order valence-electron chi connectivity index (χ0n) is 11.3. The average molecular weight is 271 g/mol. The molecule has 0 aromatic carbocycles. The van der Waals surface area contributed by atoms with E-state index in [4.69, 9.17) is 0 Å². The first kappa shape index (κ1) is 12.8. The smallest absolute Gasteiger partial charge is 0.244 e. The van der Waals surface area contributed by atoms with E-state index in [0.29, 0.717) is 5.69 Å². The fourth-order valence-electron chi connectivity index (χ4n) is 2.36. The van der Waals surface area contributed by atoms with Crippen molar-refractivity contribution in [2.75, 3.05) is 11.9 Å². The van der Waals surface area contributed by atoms with E-state index in [1.165, 1.54) is 0 Å². The largest absolute Gasteiger partial charge is 0.323 e. The van der Waals surface area contributed by atoms with Gasteiger partial charge in [0.15, 0.2) is 5.82 Å². The van der Waals surface area contributed by atoms with Gasteiger partial charge in [-0.1, -0.05) is 0 Å². The number of hydrogen-bond donors (Lipinski definition) is 2. The summed E-state index contributed by atoms with van der Waals surface area (Å²) in [5, 5.41) is 10.3. The van der Waals surface area contributed by atoms with Crippen LogP contribution in [0.25, 0.3) is 5.82 Å². The Morgan fingerprint density at radius 1 is 1.50 bits per heavy atom. The van der Waals surface area contributed by atoms with E-state index >= 15 is 0 Å². The number of nitrogens with one attached hydrogen (secondary N) is 2. The van der Waals surface area contributed by atoms with Gasteiger partial charge in [-0.3, -0.25) is 4.79 Å². The van der Waals surface area contributed by atoms with E-state index in [1.807, 2.05) is 31.3 Å². The van der Waals surface area contributed by atoms with Crippen molar-refractivity contribution < 1.29 is 4.79 Å². The molecule has 2 aromatic heterocycles. The van der Waals surface area contributed by atoms with Gasteiger partial charge in [-0.15, -0.1) is 0 Å². The minimum Gasteiger partial charge on any atom is -0.323 e. The summed E-state index contributed by atoms with van der Waals surface area (Å²) in [7, 11) is 0. The first-order valence-electron chi connectivity index (χ1n) is 6.70. The lowest BCUT2D eigenvalue weighted by molar-refractivity contribution is -0.121. The quantitative estimate of drug-likeness (QED) is 0.884. The molecule has 1 saturated heterocycles. The number of carbonyl (C=O) groups is 1. The summed E-state index contributed by atoms with van der Waals surface area (Å²) in [6.45, 7) is 2.82. The van der Waals surface area contributed by atoms with Crippen LogP contribution in [0, 0.1) is 0 Å². The first-order valence-corrected chi connectivity index (χ1v) is 6.70. The van der Waals surface area contributed by atoms with Gasteiger partial charge in [-0.25, -0.2) is 9.67 Å². The van der Waals surface area contributed by atoms with Gasteiger partial charge in [-0.2, -0.15) is 5.10 Å². The highest BCUT2D eigenvalue weighted by molar-refractivity contribution is 5.97. The first-order chi connectivity index (χ1) is 9.67. The molecule has 104 valence electrons. The van der Waals surface area contributed by atoms with Crippen molar-refractivity contribution >= 4 is 11.6 Å². The number of nitrogens with zero attached hydrogens (tertiary/aromatic N) is 3. The molecule has 0 saturated carbocycles. The number of aromatic nitrogens is 3. The van der Waals surface area contributed by atoms with Crippen LogP contribution in [-0.4, -0.2) is 32.8 Å². The molecule has 0 radical (unpaired) electrons. The Kier molecular flexibility index (Phi) is 3.23. The molecule has 2 aromatic rings. The summed E-state index contributed by atoms with van der Waals surface area (Å²) >= 11 is 0. The van der Waals surface area contributed by atoms with E-state index in [1.54, 1.807) is 17.1 Å². The maximum absolute atomic E-state index is 12.2. The molecule has 0 aliphatic carbocycles. The van der Waals surface area contributed by atoms with Crippen molar-refractivity contribution in [3.63, 3.8) is 0 Å². The molecule has 2 N–H and O–H groups in total. The third kappa shape index (κ3) is 2.42. The minimum absolute atomic E-state index is 0.0105. The van der Waals surface area contributed by atoms with E-state index in [9.17, 15) is 4.79 Å². The molecule has 20 heavy (non-hydrogen) atoms. The molecule has 6 nitrogen and oxygen atoms in total. The summed E-state index contributed by atoms with van der Waals surface area (Å²) in [4.78, 5) is 16.5. The third-order valence-corrected chi connectivity index (χ3v) is 3.61. The van der Waals surface area contributed by atoms with Crippen LogP contribution in [0.3, 0.4) is 0 Å². The summed E-state index contributed by atoms with van der Waals surface area (Å²) in [6, 6.07) is 5.50. The highest BCUT2D eigenvalue weighted by atomic mass is 16.2. The summed E-state index contributed by atoms with van der Waals surface area (Å²) in [5.41, 5.74) is 0.224. The molecule has 3 heterocycles. The number of pyridine rings is 1. The highest BCUT2D eigenvalue weighted by Gasteiger charge is 2.35. The summed E-state index contributed by atoms with van der Waals surface area (Å²) in [5.74, 6) is 0.710. The Hall–Kier alpha value is -2.21.